The van der Waals surface area contributed by atoms with E-state index in [4.69, 9.17) is 11.6 Å². The van der Waals surface area contributed by atoms with Crippen molar-refractivity contribution in [2.24, 2.45) is 7.05 Å². The summed E-state index contributed by atoms with van der Waals surface area (Å²) in [4.78, 5) is 25.9. The lowest BCUT2D eigenvalue weighted by Gasteiger charge is -2.47. The molecule has 0 radical (unpaired) electrons. The highest BCUT2D eigenvalue weighted by atomic mass is 35.5. The largest absolute Gasteiger partial charge is 0.373 e. The number of aliphatic hydroxyl groups is 2. The SMILES string of the molecule is Cc1c(-c2ncc(F)cn2)c(C(=O)N2CC(F)(F)OC(C)C2C(O)(O)Nc2ccc(Cl)cn2)nn1C. The molecule has 1 fully saturated rings. The number of pyridine rings is 1. The number of ether oxygens (including phenoxy) is 1. The van der Waals surface area contributed by atoms with Crippen molar-refractivity contribution in [3.8, 4) is 11.4 Å². The molecule has 4 heterocycles. The number of halogens is 4. The smallest absolute Gasteiger partial charge is 0.347 e. The fourth-order valence-corrected chi connectivity index (χ4v) is 4.09. The molecule has 192 valence electrons. The molecule has 0 saturated carbocycles. The Bertz CT molecular complexity index is 1270. The first-order valence-electron chi connectivity index (χ1n) is 10.5. The summed E-state index contributed by atoms with van der Waals surface area (Å²) >= 11 is 5.80. The second kappa shape index (κ2) is 9.28. The summed E-state index contributed by atoms with van der Waals surface area (Å²) < 4.78 is 48.3. The van der Waals surface area contributed by atoms with Crippen LogP contribution in [0.5, 0.6) is 0 Å². The first-order chi connectivity index (χ1) is 16.8. The molecular weight excluding hydrogens is 507 g/mol. The number of hydrogen-bond acceptors (Lipinski definition) is 9. The zero-order valence-electron chi connectivity index (χ0n) is 19.2. The van der Waals surface area contributed by atoms with Crippen LogP contribution in [-0.2, 0) is 11.8 Å². The van der Waals surface area contributed by atoms with Gasteiger partial charge in [-0.1, -0.05) is 11.6 Å². The van der Waals surface area contributed by atoms with Crippen LogP contribution in [0.2, 0.25) is 5.02 Å². The summed E-state index contributed by atoms with van der Waals surface area (Å²) in [5.41, 5.74) is 0.103. The number of alkyl halides is 2. The maximum Gasteiger partial charge on any atom is 0.373 e. The third-order valence-corrected chi connectivity index (χ3v) is 5.81. The topological polar surface area (TPSA) is 139 Å². The van der Waals surface area contributed by atoms with Gasteiger partial charge >= 0.3 is 6.11 Å². The number of hydrogen-bond donors (Lipinski definition) is 3. The van der Waals surface area contributed by atoms with Crippen molar-refractivity contribution in [1.29, 1.82) is 0 Å². The molecule has 0 bridgehead atoms. The lowest BCUT2D eigenvalue weighted by atomic mass is 10.0. The molecule has 3 aromatic heterocycles. The van der Waals surface area contributed by atoms with Gasteiger partial charge in [-0.25, -0.2) is 19.3 Å². The van der Waals surface area contributed by atoms with Crippen molar-refractivity contribution in [2.45, 2.75) is 38.0 Å². The van der Waals surface area contributed by atoms with E-state index in [1.807, 2.05) is 0 Å². The predicted molar refractivity (Wildman–Crippen MR) is 119 cm³/mol. The summed E-state index contributed by atoms with van der Waals surface area (Å²) in [6.07, 6.45) is -2.39. The van der Waals surface area contributed by atoms with Gasteiger partial charge in [0, 0.05) is 18.9 Å². The van der Waals surface area contributed by atoms with Crippen molar-refractivity contribution in [3.63, 3.8) is 0 Å². The molecule has 15 heteroatoms. The number of rotatable bonds is 5. The molecule has 0 aromatic carbocycles. The van der Waals surface area contributed by atoms with Crippen molar-refractivity contribution in [1.82, 2.24) is 29.6 Å². The Balaban J connectivity index is 1.76. The average Bonchev–Trinajstić information content (AvgIpc) is 3.08. The van der Waals surface area contributed by atoms with Crippen molar-refractivity contribution in [3.05, 3.63) is 53.0 Å². The van der Waals surface area contributed by atoms with Gasteiger partial charge in [-0.05, 0) is 26.0 Å². The van der Waals surface area contributed by atoms with Crippen LogP contribution in [0.1, 0.15) is 23.1 Å². The number of amides is 1. The molecule has 36 heavy (non-hydrogen) atoms. The van der Waals surface area contributed by atoms with Gasteiger partial charge in [-0.2, -0.15) is 13.9 Å². The second-order valence-corrected chi connectivity index (χ2v) is 8.64. The predicted octanol–water partition coefficient (Wildman–Crippen LogP) is 1.95. The van der Waals surface area contributed by atoms with E-state index < -0.39 is 42.4 Å². The Morgan fingerprint density at radius 3 is 2.53 bits per heavy atom. The molecule has 2 unspecified atom stereocenters. The van der Waals surface area contributed by atoms with Crippen molar-refractivity contribution in [2.75, 3.05) is 11.9 Å². The fourth-order valence-electron chi connectivity index (χ4n) is 3.98. The number of nitrogens with zero attached hydrogens (tertiary/aromatic N) is 6. The van der Waals surface area contributed by atoms with E-state index in [2.05, 4.69) is 30.1 Å². The third kappa shape index (κ3) is 4.97. The molecule has 11 nitrogen and oxygen atoms in total. The van der Waals surface area contributed by atoms with E-state index in [9.17, 15) is 28.2 Å². The summed E-state index contributed by atoms with van der Waals surface area (Å²) in [5, 5.41) is 28.5. The van der Waals surface area contributed by atoms with Crippen LogP contribution in [0.3, 0.4) is 0 Å². The average molecular weight is 528 g/mol. The molecule has 1 aliphatic rings. The monoisotopic (exact) mass is 527 g/mol. The highest BCUT2D eigenvalue weighted by molar-refractivity contribution is 6.30. The molecule has 1 aliphatic heterocycles. The molecule has 0 aliphatic carbocycles. The van der Waals surface area contributed by atoms with Gasteiger partial charge in [0.25, 0.3) is 11.8 Å². The lowest BCUT2D eigenvalue weighted by Crippen LogP contribution is -2.69. The number of nitrogens with one attached hydrogen (secondary N) is 1. The van der Waals surface area contributed by atoms with Crippen LogP contribution in [0.15, 0.2) is 30.7 Å². The zero-order valence-corrected chi connectivity index (χ0v) is 19.9. The first kappa shape index (κ1) is 25.8. The molecule has 3 aromatic rings. The molecular formula is C21H21ClF3N7O4. The van der Waals surface area contributed by atoms with Crippen LogP contribution in [0.4, 0.5) is 19.0 Å². The number of anilines is 1. The number of carbonyl (C=O) groups excluding carboxylic acids is 1. The summed E-state index contributed by atoms with van der Waals surface area (Å²) in [5.74, 6) is -4.92. The standard InChI is InChI=1S/C21H21ClF3N7O4/c1-10-15(18-27-7-13(23)8-28-18)16(30-31(10)3)19(33)32-9-20(24,25)36-11(2)17(32)21(34,35)29-14-5-4-12(22)6-26-14/h4-8,11,17,34-35H,9H2,1-3H3,(H,26,29). The summed E-state index contributed by atoms with van der Waals surface area (Å²) in [6, 6.07) is 0.979. The Kier molecular flexibility index (Phi) is 6.64. The fraction of sp³-hybridized carbons (Fsp3) is 0.381. The van der Waals surface area contributed by atoms with Gasteiger partial charge in [0.2, 0.25) is 0 Å². The Labute approximate surface area is 207 Å². The Morgan fingerprint density at radius 2 is 1.92 bits per heavy atom. The van der Waals surface area contributed by atoms with E-state index in [1.54, 1.807) is 6.92 Å². The quantitative estimate of drug-likeness (QED) is 0.425. The summed E-state index contributed by atoms with van der Waals surface area (Å²) in [6.45, 7) is 1.42. The number of aromatic nitrogens is 5. The van der Waals surface area contributed by atoms with Crippen LogP contribution in [-0.4, -0.2) is 76.5 Å². The molecule has 0 spiro atoms. The van der Waals surface area contributed by atoms with Crippen molar-refractivity contribution >= 4 is 23.3 Å². The van der Waals surface area contributed by atoms with Crippen LogP contribution in [0, 0.1) is 12.7 Å². The minimum Gasteiger partial charge on any atom is -0.347 e. The number of aryl methyl sites for hydroxylation is 1. The molecule has 3 N–H and O–H groups in total. The maximum atomic E-state index is 14.4. The minimum atomic E-state index is -3.81. The Morgan fingerprint density at radius 1 is 1.25 bits per heavy atom. The van der Waals surface area contributed by atoms with Gasteiger partial charge in [-0.3, -0.25) is 9.48 Å². The van der Waals surface area contributed by atoms with Crippen LogP contribution >= 0.6 is 11.6 Å². The zero-order chi connectivity index (χ0) is 26.4. The normalized spacial score (nSPS) is 19.9. The van der Waals surface area contributed by atoms with Gasteiger partial charge < -0.3 is 25.2 Å². The number of morpholine rings is 1. The van der Waals surface area contributed by atoms with Gasteiger partial charge in [0.05, 0.1) is 29.1 Å². The summed E-state index contributed by atoms with van der Waals surface area (Å²) in [7, 11) is 1.50. The third-order valence-electron chi connectivity index (χ3n) is 5.59. The van der Waals surface area contributed by atoms with Crippen LogP contribution in [0.25, 0.3) is 11.4 Å². The van der Waals surface area contributed by atoms with E-state index in [0.717, 1.165) is 19.3 Å². The van der Waals surface area contributed by atoms with Gasteiger partial charge in [-0.15, -0.1) is 0 Å². The van der Waals surface area contributed by atoms with Gasteiger partial charge in [0.15, 0.2) is 17.3 Å². The van der Waals surface area contributed by atoms with Crippen molar-refractivity contribution < 1.29 is 32.9 Å². The number of carbonyl (C=O) groups is 1. The molecule has 2 atom stereocenters. The van der Waals surface area contributed by atoms with Gasteiger partial charge in [0.1, 0.15) is 18.4 Å². The van der Waals surface area contributed by atoms with E-state index in [0.29, 0.717) is 10.6 Å². The molecule has 1 amide bonds. The second-order valence-electron chi connectivity index (χ2n) is 8.21. The van der Waals surface area contributed by atoms with E-state index >= 15 is 0 Å². The Hall–Kier alpha value is -3.33. The molecule has 4 rings (SSSR count). The highest BCUT2D eigenvalue weighted by Crippen LogP contribution is 2.35. The first-order valence-corrected chi connectivity index (χ1v) is 10.9. The van der Waals surface area contributed by atoms with Crippen LogP contribution < -0.4 is 5.32 Å². The molecule has 1 saturated heterocycles. The van der Waals surface area contributed by atoms with E-state index in [-0.39, 0.29) is 27.9 Å². The lowest BCUT2D eigenvalue weighted by molar-refractivity contribution is -0.329. The maximum absolute atomic E-state index is 14.4. The van der Waals surface area contributed by atoms with E-state index in [1.165, 1.54) is 30.1 Å². The minimum absolute atomic E-state index is 0.0598. The highest BCUT2D eigenvalue weighted by Gasteiger charge is 2.55.